The smallest absolute Gasteiger partial charge is 0.305 e. The molecule has 0 unspecified atom stereocenters. The van der Waals surface area contributed by atoms with Gasteiger partial charge in [0.15, 0.2) is 5.60 Å². The molecule has 0 N–H and O–H groups in total. The highest BCUT2D eigenvalue weighted by Crippen LogP contribution is 2.54. The van der Waals surface area contributed by atoms with E-state index in [0.29, 0.717) is 5.56 Å². The van der Waals surface area contributed by atoms with Gasteiger partial charge in [0.1, 0.15) is 0 Å². The lowest BCUT2D eigenvalue weighted by molar-refractivity contribution is -0.385. The van der Waals surface area contributed by atoms with Crippen molar-refractivity contribution in [2.75, 3.05) is 4.90 Å². The summed E-state index contributed by atoms with van der Waals surface area (Å²) in [7, 11) is 0. The molecule has 2 amide bonds. The highest BCUT2D eigenvalue weighted by atomic mass is 16.7. The van der Waals surface area contributed by atoms with Crippen LogP contribution in [-0.2, 0) is 33.4 Å². The Kier molecular flexibility index (Phi) is 4.65. The van der Waals surface area contributed by atoms with E-state index in [1.165, 1.54) is 18.2 Å². The molecule has 0 spiro atoms. The standard InChI is InChI=1S/C20H18N2O9/c1-9-4-5-12(8-13(9)22(27)28)21-17(25)15-14-6-7-20(31-14,16(15)18(21)26)19(29-10(2)23)30-11(3)24/h4-8,14-16,19H,1-3H3/t14-,15+,16+,20+/m1/s1. The number of carbonyl (C=O) groups excluding carboxylic acids is 4. The van der Waals surface area contributed by atoms with Gasteiger partial charge in [0.25, 0.3) is 12.0 Å². The lowest BCUT2D eigenvalue weighted by Gasteiger charge is -2.34. The highest BCUT2D eigenvalue weighted by Gasteiger charge is 2.72. The van der Waals surface area contributed by atoms with Crippen LogP contribution in [0.25, 0.3) is 0 Å². The van der Waals surface area contributed by atoms with E-state index in [4.69, 9.17) is 14.2 Å². The van der Waals surface area contributed by atoms with Crippen LogP contribution in [0.15, 0.2) is 30.4 Å². The van der Waals surface area contributed by atoms with Gasteiger partial charge in [-0.2, -0.15) is 0 Å². The molecule has 4 atom stereocenters. The van der Waals surface area contributed by atoms with Crippen molar-refractivity contribution in [2.45, 2.75) is 38.8 Å². The van der Waals surface area contributed by atoms with Gasteiger partial charge in [-0.3, -0.25) is 29.3 Å². The predicted molar refractivity (Wildman–Crippen MR) is 101 cm³/mol. The van der Waals surface area contributed by atoms with E-state index < -0.39 is 58.5 Å². The average Bonchev–Trinajstić information content (AvgIpc) is 3.32. The largest absolute Gasteiger partial charge is 0.422 e. The van der Waals surface area contributed by atoms with Crippen LogP contribution < -0.4 is 4.90 Å². The Hall–Kier alpha value is -3.60. The summed E-state index contributed by atoms with van der Waals surface area (Å²) in [6.45, 7) is 3.75. The molecule has 162 valence electrons. The number of anilines is 1. The van der Waals surface area contributed by atoms with Gasteiger partial charge in [-0.25, -0.2) is 4.90 Å². The van der Waals surface area contributed by atoms with Crippen LogP contribution >= 0.6 is 0 Å². The number of imide groups is 1. The molecule has 1 aromatic rings. The number of amides is 2. The molecule has 2 saturated heterocycles. The molecule has 3 heterocycles. The van der Waals surface area contributed by atoms with Gasteiger partial charge < -0.3 is 14.2 Å². The van der Waals surface area contributed by atoms with E-state index in [-0.39, 0.29) is 11.4 Å². The maximum Gasteiger partial charge on any atom is 0.305 e. The zero-order valence-electron chi connectivity index (χ0n) is 16.8. The van der Waals surface area contributed by atoms with E-state index >= 15 is 0 Å². The highest BCUT2D eigenvalue weighted by molar-refractivity contribution is 6.23. The number of hydrogen-bond acceptors (Lipinski definition) is 9. The number of ether oxygens (including phenoxy) is 3. The van der Waals surface area contributed by atoms with Crippen molar-refractivity contribution in [3.63, 3.8) is 0 Å². The lowest BCUT2D eigenvalue weighted by atomic mass is 9.76. The van der Waals surface area contributed by atoms with Gasteiger partial charge >= 0.3 is 11.9 Å². The second kappa shape index (κ2) is 6.98. The molecule has 3 aliphatic rings. The lowest BCUT2D eigenvalue weighted by Crippen LogP contribution is -2.52. The molecule has 0 radical (unpaired) electrons. The van der Waals surface area contributed by atoms with Crippen molar-refractivity contribution in [1.82, 2.24) is 0 Å². The number of benzene rings is 1. The van der Waals surface area contributed by atoms with E-state index in [1.807, 2.05) is 0 Å². The summed E-state index contributed by atoms with van der Waals surface area (Å²) < 4.78 is 16.1. The van der Waals surface area contributed by atoms with Crippen molar-refractivity contribution in [3.8, 4) is 0 Å². The second-order valence-electron chi connectivity index (χ2n) is 7.59. The summed E-state index contributed by atoms with van der Waals surface area (Å²) in [5, 5.41) is 11.3. The minimum absolute atomic E-state index is 0.0489. The summed E-state index contributed by atoms with van der Waals surface area (Å²) in [5.41, 5.74) is -1.49. The summed E-state index contributed by atoms with van der Waals surface area (Å²) in [5.74, 6) is -4.93. The fraction of sp³-hybridized carbons (Fsp3) is 0.400. The third-order valence-electron chi connectivity index (χ3n) is 5.64. The zero-order valence-corrected chi connectivity index (χ0v) is 16.8. The first-order valence-electron chi connectivity index (χ1n) is 9.41. The molecule has 31 heavy (non-hydrogen) atoms. The minimum atomic E-state index is -1.68. The van der Waals surface area contributed by atoms with Crippen LogP contribution in [0.4, 0.5) is 11.4 Å². The summed E-state index contributed by atoms with van der Waals surface area (Å²) >= 11 is 0. The molecule has 2 bridgehead atoms. The second-order valence-corrected chi connectivity index (χ2v) is 7.59. The normalized spacial score (nSPS) is 28.3. The predicted octanol–water partition coefficient (Wildman–Crippen LogP) is 1.17. The first kappa shape index (κ1) is 20.7. The molecule has 0 aromatic heterocycles. The van der Waals surface area contributed by atoms with Crippen molar-refractivity contribution in [1.29, 1.82) is 0 Å². The van der Waals surface area contributed by atoms with Gasteiger partial charge in [-0.1, -0.05) is 12.1 Å². The number of rotatable bonds is 5. The fourth-order valence-electron chi connectivity index (χ4n) is 4.40. The molecule has 2 fully saturated rings. The van der Waals surface area contributed by atoms with Gasteiger partial charge in [0.05, 0.1) is 28.6 Å². The van der Waals surface area contributed by atoms with Crippen molar-refractivity contribution >= 4 is 35.1 Å². The summed E-state index contributed by atoms with van der Waals surface area (Å²) in [6.07, 6.45) is 0.623. The summed E-state index contributed by atoms with van der Waals surface area (Å²) in [6, 6.07) is 4.05. The Balaban J connectivity index is 1.76. The SMILES string of the molecule is CC(=O)OC(OC(C)=O)[C@@]12C=C[C@@H](O1)[C@@H]1C(=O)N(c3ccc(C)c([N+](=O)[O-])c3)C(=O)[C@H]12. The van der Waals surface area contributed by atoms with Crippen molar-refractivity contribution in [3.05, 3.63) is 46.0 Å². The average molecular weight is 430 g/mol. The van der Waals surface area contributed by atoms with Crippen molar-refractivity contribution < 1.29 is 38.3 Å². The Morgan fingerprint density at radius 2 is 1.84 bits per heavy atom. The molecule has 0 saturated carbocycles. The van der Waals surface area contributed by atoms with Gasteiger partial charge in [0.2, 0.25) is 11.8 Å². The molecular weight excluding hydrogens is 412 g/mol. The number of aryl methyl sites for hydroxylation is 1. The van der Waals surface area contributed by atoms with Crippen LogP contribution in [0, 0.1) is 28.9 Å². The topological polar surface area (TPSA) is 142 Å². The Morgan fingerprint density at radius 3 is 2.42 bits per heavy atom. The molecule has 1 aromatic carbocycles. The Morgan fingerprint density at radius 1 is 1.19 bits per heavy atom. The maximum atomic E-state index is 13.4. The monoisotopic (exact) mass is 430 g/mol. The number of nitro groups is 1. The molecule has 11 heteroatoms. The summed E-state index contributed by atoms with van der Waals surface area (Å²) in [4.78, 5) is 61.3. The third kappa shape index (κ3) is 3.00. The van der Waals surface area contributed by atoms with E-state index in [2.05, 4.69) is 0 Å². The Labute approximate surface area is 175 Å². The first-order chi connectivity index (χ1) is 14.6. The number of esters is 2. The van der Waals surface area contributed by atoms with Crippen LogP contribution in [0.2, 0.25) is 0 Å². The molecule has 0 aliphatic carbocycles. The quantitative estimate of drug-likeness (QED) is 0.168. The van der Waals surface area contributed by atoms with Gasteiger partial charge in [0, 0.05) is 25.5 Å². The van der Waals surface area contributed by atoms with Gasteiger partial charge in [-0.15, -0.1) is 0 Å². The number of nitro benzene ring substituents is 1. The maximum absolute atomic E-state index is 13.4. The van der Waals surface area contributed by atoms with Crippen LogP contribution in [0.5, 0.6) is 0 Å². The number of carbonyl (C=O) groups is 4. The van der Waals surface area contributed by atoms with Crippen LogP contribution in [-0.4, -0.2) is 46.7 Å². The van der Waals surface area contributed by atoms with Crippen LogP contribution in [0.3, 0.4) is 0 Å². The number of fused-ring (bicyclic) bond motifs is 5. The van der Waals surface area contributed by atoms with E-state index in [1.54, 1.807) is 13.0 Å². The van der Waals surface area contributed by atoms with E-state index in [0.717, 1.165) is 24.8 Å². The Bertz CT molecular complexity index is 1050. The fourth-order valence-corrected chi connectivity index (χ4v) is 4.40. The van der Waals surface area contributed by atoms with Crippen LogP contribution in [0.1, 0.15) is 19.4 Å². The third-order valence-corrected chi connectivity index (χ3v) is 5.64. The first-order valence-corrected chi connectivity index (χ1v) is 9.41. The molecular formula is C20H18N2O9. The molecule has 3 aliphatic heterocycles. The number of nitrogens with zero attached hydrogens (tertiary/aromatic N) is 2. The molecule has 11 nitrogen and oxygen atoms in total. The minimum Gasteiger partial charge on any atom is -0.422 e. The van der Waals surface area contributed by atoms with E-state index in [9.17, 15) is 29.3 Å². The molecule has 4 rings (SSSR count). The van der Waals surface area contributed by atoms with Gasteiger partial charge in [-0.05, 0) is 19.1 Å². The zero-order chi connectivity index (χ0) is 22.7. The van der Waals surface area contributed by atoms with Crippen molar-refractivity contribution in [2.24, 2.45) is 11.8 Å². The number of hydrogen-bond donors (Lipinski definition) is 0.